The van der Waals surface area contributed by atoms with Gasteiger partial charge in [0.25, 0.3) is 5.69 Å². The summed E-state index contributed by atoms with van der Waals surface area (Å²) in [5.41, 5.74) is 3.34. The van der Waals surface area contributed by atoms with Crippen LogP contribution in [0.3, 0.4) is 0 Å². The van der Waals surface area contributed by atoms with Crippen molar-refractivity contribution >= 4 is 16.9 Å². The Labute approximate surface area is 130 Å². The van der Waals surface area contributed by atoms with Crippen molar-refractivity contribution in [3.8, 4) is 0 Å². The van der Waals surface area contributed by atoms with Crippen LogP contribution in [0.2, 0.25) is 0 Å². The third-order valence-corrected chi connectivity index (χ3v) is 3.77. The highest BCUT2D eigenvalue weighted by Crippen LogP contribution is 2.30. The summed E-state index contributed by atoms with van der Waals surface area (Å²) in [6, 6.07) is 14.7. The van der Waals surface area contributed by atoms with Gasteiger partial charge < -0.3 is 4.90 Å². The first-order valence-electron chi connectivity index (χ1n) is 7.36. The van der Waals surface area contributed by atoms with Crippen molar-refractivity contribution in [2.24, 2.45) is 0 Å². The molecule has 0 N–H and O–H groups in total. The minimum Gasteiger partial charge on any atom is -0.372 e. The Bertz CT molecular complexity index is 674. The highest BCUT2D eigenvalue weighted by molar-refractivity contribution is 5.83. The summed E-state index contributed by atoms with van der Waals surface area (Å²) >= 11 is 0. The summed E-state index contributed by atoms with van der Waals surface area (Å²) in [6.45, 7) is 10.2. The second kappa shape index (κ2) is 6.89. The first-order chi connectivity index (χ1) is 10.6. The molecule has 0 amide bonds. The largest absolute Gasteiger partial charge is 0.372 e. The van der Waals surface area contributed by atoms with Gasteiger partial charge in [0.15, 0.2) is 0 Å². The fourth-order valence-electron chi connectivity index (χ4n) is 2.51. The van der Waals surface area contributed by atoms with Gasteiger partial charge >= 0.3 is 0 Å². The number of hydrogen-bond donors (Lipinski definition) is 0. The van der Waals surface area contributed by atoms with Crippen molar-refractivity contribution in [3.05, 3.63) is 76.4 Å². The number of hydrogen-bond acceptors (Lipinski definition) is 3. The van der Waals surface area contributed by atoms with Crippen LogP contribution in [0.15, 0.2) is 55.1 Å². The van der Waals surface area contributed by atoms with E-state index in [-0.39, 0.29) is 10.6 Å². The van der Waals surface area contributed by atoms with Gasteiger partial charge in [0.1, 0.15) is 0 Å². The summed E-state index contributed by atoms with van der Waals surface area (Å²) < 4.78 is 0. The van der Waals surface area contributed by atoms with Gasteiger partial charge in [0.05, 0.1) is 10.5 Å². The van der Waals surface area contributed by atoms with Gasteiger partial charge in [-0.2, -0.15) is 0 Å². The zero-order chi connectivity index (χ0) is 16.1. The lowest BCUT2D eigenvalue weighted by molar-refractivity contribution is -0.385. The Morgan fingerprint density at radius 3 is 2.23 bits per heavy atom. The maximum atomic E-state index is 11.1. The number of para-hydroxylation sites is 1. The molecule has 2 aromatic rings. The number of nitrogens with zero attached hydrogens (tertiary/aromatic N) is 2. The van der Waals surface area contributed by atoms with Crippen LogP contribution in [0.25, 0.3) is 5.57 Å². The van der Waals surface area contributed by atoms with Crippen LogP contribution in [0.5, 0.6) is 0 Å². The summed E-state index contributed by atoms with van der Waals surface area (Å²) in [5, 5.41) is 11.1. The molecule has 0 unspecified atom stereocenters. The van der Waals surface area contributed by atoms with Crippen molar-refractivity contribution in [2.45, 2.75) is 13.8 Å². The molecule has 0 saturated carbocycles. The average molecular weight is 296 g/mol. The molecule has 2 rings (SSSR count). The average Bonchev–Trinajstić information content (AvgIpc) is 2.56. The molecule has 0 atom stereocenters. The van der Waals surface area contributed by atoms with E-state index in [1.165, 1.54) is 6.07 Å². The maximum absolute atomic E-state index is 11.1. The molecule has 0 aliphatic rings. The molecule has 0 aliphatic carbocycles. The Morgan fingerprint density at radius 2 is 1.68 bits per heavy atom. The van der Waals surface area contributed by atoms with Crippen molar-refractivity contribution in [3.63, 3.8) is 0 Å². The predicted molar refractivity (Wildman–Crippen MR) is 91.2 cm³/mol. The molecule has 0 heterocycles. The van der Waals surface area contributed by atoms with Crippen LogP contribution in [-0.4, -0.2) is 18.0 Å². The monoisotopic (exact) mass is 296 g/mol. The summed E-state index contributed by atoms with van der Waals surface area (Å²) in [4.78, 5) is 13.0. The van der Waals surface area contributed by atoms with E-state index in [0.29, 0.717) is 11.1 Å². The van der Waals surface area contributed by atoms with Crippen molar-refractivity contribution < 1.29 is 4.92 Å². The molecule has 0 saturated heterocycles. The van der Waals surface area contributed by atoms with Gasteiger partial charge in [-0.15, -0.1) is 0 Å². The maximum Gasteiger partial charge on any atom is 0.277 e. The van der Waals surface area contributed by atoms with Crippen LogP contribution in [0.4, 0.5) is 11.4 Å². The van der Waals surface area contributed by atoms with E-state index in [2.05, 4.69) is 25.3 Å². The Hall–Kier alpha value is -2.62. The second-order valence-corrected chi connectivity index (χ2v) is 4.97. The number of anilines is 1. The van der Waals surface area contributed by atoms with Crippen molar-refractivity contribution in [2.75, 3.05) is 18.0 Å². The van der Waals surface area contributed by atoms with E-state index >= 15 is 0 Å². The number of rotatable bonds is 6. The Kier molecular flexibility index (Phi) is 4.94. The van der Waals surface area contributed by atoms with E-state index < -0.39 is 0 Å². The first kappa shape index (κ1) is 15.8. The van der Waals surface area contributed by atoms with E-state index in [4.69, 9.17) is 0 Å². The van der Waals surface area contributed by atoms with Crippen LogP contribution < -0.4 is 4.90 Å². The zero-order valence-corrected chi connectivity index (χ0v) is 13.0. The van der Waals surface area contributed by atoms with Crippen molar-refractivity contribution in [1.82, 2.24) is 0 Å². The van der Waals surface area contributed by atoms with Gasteiger partial charge in [-0.1, -0.05) is 30.8 Å². The fraction of sp³-hybridized carbons (Fsp3) is 0.222. The normalized spacial score (nSPS) is 10.3. The highest BCUT2D eigenvalue weighted by atomic mass is 16.6. The molecule has 114 valence electrons. The zero-order valence-electron chi connectivity index (χ0n) is 13.0. The molecular weight excluding hydrogens is 276 g/mol. The van der Waals surface area contributed by atoms with Gasteiger partial charge in [-0.25, -0.2) is 0 Å². The SMILES string of the molecule is C=C(c1ccc(N(CC)CC)cc1)c1ccccc1[N+](=O)[O-]. The van der Waals surface area contributed by atoms with E-state index in [0.717, 1.165) is 24.3 Å². The van der Waals surface area contributed by atoms with Crippen molar-refractivity contribution in [1.29, 1.82) is 0 Å². The highest BCUT2D eigenvalue weighted by Gasteiger charge is 2.16. The molecule has 0 spiro atoms. The van der Waals surface area contributed by atoms with Gasteiger partial charge in [0.2, 0.25) is 0 Å². The number of nitro benzene ring substituents is 1. The predicted octanol–water partition coefficient (Wildman–Crippen LogP) is 4.50. The topological polar surface area (TPSA) is 46.4 Å². The quantitative estimate of drug-likeness (QED) is 0.582. The van der Waals surface area contributed by atoms with Crippen LogP contribution in [-0.2, 0) is 0 Å². The number of benzene rings is 2. The Morgan fingerprint density at radius 1 is 1.09 bits per heavy atom. The van der Waals surface area contributed by atoms with Crippen LogP contribution in [0, 0.1) is 10.1 Å². The summed E-state index contributed by atoms with van der Waals surface area (Å²) in [5.74, 6) is 0. The molecular formula is C18H20N2O2. The van der Waals surface area contributed by atoms with Gasteiger partial charge in [-0.3, -0.25) is 10.1 Å². The molecule has 0 bridgehead atoms. The van der Waals surface area contributed by atoms with E-state index in [9.17, 15) is 10.1 Å². The smallest absolute Gasteiger partial charge is 0.277 e. The van der Waals surface area contributed by atoms with Gasteiger partial charge in [-0.05, 0) is 43.2 Å². The standard InChI is InChI=1S/C18H20N2O2/c1-4-19(5-2)16-12-10-15(11-13-16)14(3)17-8-6-7-9-18(17)20(21)22/h6-13H,3-5H2,1-2H3. The third kappa shape index (κ3) is 3.17. The fourth-order valence-corrected chi connectivity index (χ4v) is 2.51. The third-order valence-electron chi connectivity index (χ3n) is 3.77. The molecule has 2 aromatic carbocycles. The second-order valence-electron chi connectivity index (χ2n) is 4.97. The van der Waals surface area contributed by atoms with Crippen LogP contribution in [0.1, 0.15) is 25.0 Å². The molecule has 4 heteroatoms. The molecule has 0 radical (unpaired) electrons. The lowest BCUT2D eigenvalue weighted by Gasteiger charge is -2.21. The minimum absolute atomic E-state index is 0.0836. The molecule has 22 heavy (non-hydrogen) atoms. The van der Waals surface area contributed by atoms with Crippen LogP contribution >= 0.6 is 0 Å². The Balaban J connectivity index is 2.33. The lowest BCUT2D eigenvalue weighted by Crippen LogP contribution is -2.21. The van der Waals surface area contributed by atoms with E-state index in [1.54, 1.807) is 18.2 Å². The minimum atomic E-state index is -0.370. The molecule has 0 aromatic heterocycles. The number of nitro groups is 1. The van der Waals surface area contributed by atoms with Gasteiger partial charge in [0, 0.05) is 24.8 Å². The molecule has 4 nitrogen and oxygen atoms in total. The van der Waals surface area contributed by atoms with E-state index in [1.807, 2.05) is 24.3 Å². The lowest BCUT2D eigenvalue weighted by atomic mass is 9.98. The summed E-state index contributed by atoms with van der Waals surface area (Å²) in [7, 11) is 0. The molecule has 0 fully saturated rings. The first-order valence-corrected chi connectivity index (χ1v) is 7.36. The summed E-state index contributed by atoms with van der Waals surface area (Å²) in [6.07, 6.45) is 0. The molecule has 0 aliphatic heterocycles.